The maximum absolute atomic E-state index is 14.1. The van der Waals surface area contributed by atoms with Crippen LogP contribution in [0.15, 0.2) is 18.2 Å². The van der Waals surface area contributed by atoms with E-state index in [1.165, 1.54) is 6.07 Å². The molecule has 0 fully saturated rings. The van der Waals surface area contributed by atoms with Gasteiger partial charge in [-0.15, -0.1) is 5.10 Å². The van der Waals surface area contributed by atoms with Crippen molar-refractivity contribution in [3.05, 3.63) is 41.0 Å². The van der Waals surface area contributed by atoms with Gasteiger partial charge in [-0.25, -0.2) is 9.07 Å². The molecular formula is C13H12F4N4. The average molecular weight is 300 g/mol. The number of aromatic nitrogens is 3. The Balaban J connectivity index is 2.02. The molecule has 0 saturated heterocycles. The first-order chi connectivity index (χ1) is 9.86. The monoisotopic (exact) mass is 300 g/mol. The Morgan fingerprint density at radius 1 is 1.29 bits per heavy atom. The summed E-state index contributed by atoms with van der Waals surface area (Å²) in [6, 6.07) is 2.58. The highest BCUT2D eigenvalue weighted by Crippen LogP contribution is 2.36. The molecule has 2 heterocycles. The van der Waals surface area contributed by atoms with Gasteiger partial charge in [0.05, 0.1) is 5.56 Å². The molecule has 0 radical (unpaired) electrons. The van der Waals surface area contributed by atoms with Crippen molar-refractivity contribution < 1.29 is 17.6 Å². The van der Waals surface area contributed by atoms with Gasteiger partial charge in [-0.3, -0.25) is 0 Å². The molecule has 1 aliphatic heterocycles. The molecular weight excluding hydrogens is 288 g/mol. The topological polar surface area (TPSA) is 56.7 Å². The number of nitrogen functional groups attached to an aromatic ring is 1. The normalized spacial score (nSPS) is 18.6. The lowest BCUT2D eigenvalue weighted by Crippen LogP contribution is -2.19. The van der Waals surface area contributed by atoms with E-state index in [0.29, 0.717) is 24.9 Å². The lowest BCUT2D eigenvalue weighted by atomic mass is 9.90. The maximum Gasteiger partial charge on any atom is 0.416 e. The standard InChI is InChI=1S/C13H12F4N4/c14-10-6-7(13(15,16)17)3-4-8(10)9-2-1-5-21-11(9)19-12(18)20-21/h3-4,6,9H,1-2,5H2,(H2,18,20)/t9-/m1/s1. The van der Waals surface area contributed by atoms with Crippen molar-refractivity contribution in [2.24, 2.45) is 0 Å². The zero-order valence-electron chi connectivity index (χ0n) is 10.9. The molecule has 0 spiro atoms. The van der Waals surface area contributed by atoms with Crippen molar-refractivity contribution in [2.75, 3.05) is 5.73 Å². The van der Waals surface area contributed by atoms with Gasteiger partial charge in [0.25, 0.3) is 0 Å². The van der Waals surface area contributed by atoms with Crippen LogP contribution < -0.4 is 5.73 Å². The van der Waals surface area contributed by atoms with Crippen molar-refractivity contribution >= 4 is 5.95 Å². The highest BCUT2D eigenvalue weighted by molar-refractivity contribution is 5.33. The number of hydrogen-bond donors (Lipinski definition) is 1. The van der Waals surface area contributed by atoms with Crippen molar-refractivity contribution in [1.82, 2.24) is 14.8 Å². The lowest BCUT2D eigenvalue weighted by molar-refractivity contribution is -0.137. The predicted octanol–water partition coefficient (Wildman–Crippen LogP) is 2.94. The fraction of sp³-hybridized carbons (Fsp3) is 0.385. The molecule has 1 aromatic carbocycles. The molecule has 8 heteroatoms. The molecule has 0 amide bonds. The van der Waals surface area contributed by atoms with Crippen LogP contribution >= 0.6 is 0 Å². The van der Waals surface area contributed by atoms with Gasteiger partial charge < -0.3 is 5.73 Å². The molecule has 112 valence electrons. The van der Waals surface area contributed by atoms with Crippen LogP contribution in [0, 0.1) is 5.82 Å². The minimum absolute atomic E-state index is 0.0872. The number of fused-ring (bicyclic) bond motifs is 1. The van der Waals surface area contributed by atoms with E-state index < -0.39 is 23.5 Å². The molecule has 1 aromatic heterocycles. The third-order valence-electron chi connectivity index (χ3n) is 3.59. The molecule has 1 atom stereocenters. The van der Waals surface area contributed by atoms with Gasteiger partial charge in [0.1, 0.15) is 11.6 Å². The zero-order valence-corrected chi connectivity index (χ0v) is 10.9. The minimum atomic E-state index is -4.56. The summed E-state index contributed by atoms with van der Waals surface area (Å²) < 4.78 is 53.4. The van der Waals surface area contributed by atoms with Gasteiger partial charge in [-0.2, -0.15) is 18.2 Å². The van der Waals surface area contributed by atoms with Crippen LogP contribution in [-0.2, 0) is 12.7 Å². The van der Waals surface area contributed by atoms with E-state index in [1.807, 2.05) is 0 Å². The van der Waals surface area contributed by atoms with Gasteiger partial charge in [-0.1, -0.05) is 6.07 Å². The minimum Gasteiger partial charge on any atom is -0.366 e. The smallest absolute Gasteiger partial charge is 0.366 e. The summed E-state index contributed by atoms with van der Waals surface area (Å²) in [7, 11) is 0. The zero-order chi connectivity index (χ0) is 15.2. The van der Waals surface area contributed by atoms with Gasteiger partial charge >= 0.3 is 6.18 Å². The Morgan fingerprint density at radius 2 is 2.05 bits per heavy atom. The van der Waals surface area contributed by atoms with Gasteiger partial charge in [-0.05, 0) is 30.5 Å². The van der Waals surface area contributed by atoms with E-state index in [4.69, 9.17) is 5.73 Å². The van der Waals surface area contributed by atoms with E-state index in [-0.39, 0.29) is 11.5 Å². The Labute approximate surface area is 117 Å². The first-order valence-electron chi connectivity index (χ1n) is 6.43. The number of anilines is 1. The molecule has 0 aliphatic carbocycles. The van der Waals surface area contributed by atoms with E-state index in [2.05, 4.69) is 10.1 Å². The largest absolute Gasteiger partial charge is 0.416 e. The third kappa shape index (κ3) is 2.45. The van der Waals surface area contributed by atoms with E-state index >= 15 is 0 Å². The second kappa shape index (κ2) is 4.71. The molecule has 1 aliphatic rings. The number of aryl methyl sites for hydroxylation is 1. The second-order valence-corrected chi connectivity index (χ2v) is 4.98. The molecule has 21 heavy (non-hydrogen) atoms. The van der Waals surface area contributed by atoms with Crippen LogP contribution in [0.5, 0.6) is 0 Å². The molecule has 2 N–H and O–H groups in total. The second-order valence-electron chi connectivity index (χ2n) is 4.98. The molecule has 4 nitrogen and oxygen atoms in total. The fourth-order valence-corrected chi connectivity index (χ4v) is 2.65. The summed E-state index contributed by atoms with van der Waals surface area (Å²) in [5.41, 5.74) is 4.72. The number of hydrogen-bond acceptors (Lipinski definition) is 3. The fourth-order valence-electron chi connectivity index (χ4n) is 2.65. The summed E-state index contributed by atoms with van der Waals surface area (Å²) in [4.78, 5) is 4.06. The summed E-state index contributed by atoms with van der Waals surface area (Å²) in [5.74, 6) is -0.725. The number of nitrogens with two attached hydrogens (primary N) is 1. The van der Waals surface area contributed by atoms with Crippen LogP contribution in [-0.4, -0.2) is 14.8 Å². The van der Waals surface area contributed by atoms with Crippen LogP contribution in [0.25, 0.3) is 0 Å². The first-order valence-corrected chi connectivity index (χ1v) is 6.43. The molecule has 3 rings (SSSR count). The average Bonchev–Trinajstić information content (AvgIpc) is 2.77. The number of benzene rings is 1. The Hall–Kier alpha value is -2.12. The molecule has 0 bridgehead atoms. The van der Waals surface area contributed by atoms with Crippen molar-refractivity contribution in [2.45, 2.75) is 31.5 Å². The van der Waals surface area contributed by atoms with E-state index in [1.54, 1.807) is 4.68 Å². The quantitative estimate of drug-likeness (QED) is 0.824. The molecule has 2 aromatic rings. The highest BCUT2D eigenvalue weighted by atomic mass is 19.4. The van der Waals surface area contributed by atoms with Crippen LogP contribution in [0.4, 0.5) is 23.5 Å². The van der Waals surface area contributed by atoms with Crippen molar-refractivity contribution in [3.63, 3.8) is 0 Å². The van der Waals surface area contributed by atoms with Gasteiger partial charge in [0.15, 0.2) is 0 Å². The molecule has 0 unspecified atom stereocenters. The van der Waals surface area contributed by atoms with Crippen LogP contribution in [0.3, 0.4) is 0 Å². The maximum atomic E-state index is 14.1. The van der Waals surface area contributed by atoms with Crippen LogP contribution in [0.1, 0.15) is 35.7 Å². The summed E-state index contributed by atoms with van der Waals surface area (Å²) >= 11 is 0. The van der Waals surface area contributed by atoms with Crippen LogP contribution in [0.2, 0.25) is 0 Å². The van der Waals surface area contributed by atoms with Crippen molar-refractivity contribution in [1.29, 1.82) is 0 Å². The van der Waals surface area contributed by atoms with Crippen molar-refractivity contribution in [3.8, 4) is 0 Å². The number of alkyl halides is 3. The lowest BCUT2D eigenvalue weighted by Gasteiger charge is -2.23. The predicted molar refractivity (Wildman–Crippen MR) is 66.9 cm³/mol. The first kappa shape index (κ1) is 13.8. The van der Waals surface area contributed by atoms with Gasteiger partial charge in [0, 0.05) is 12.5 Å². The number of nitrogens with zero attached hydrogens (tertiary/aromatic N) is 3. The SMILES string of the molecule is Nc1nc2n(n1)CCC[C@@H]2c1ccc(C(F)(F)F)cc1F. The van der Waals surface area contributed by atoms with E-state index in [0.717, 1.165) is 12.5 Å². The van der Waals surface area contributed by atoms with E-state index in [9.17, 15) is 17.6 Å². The summed E-state index contributed by atoms with van der Waals surface area (Å²) in [6.45, 7) is 0.623. The Morgan fingerprint density at radius 3 is 2.71 bits per heavy atom. The Bertz CT molecular complexity index is 677. The highest BCUT2D eigenvalue weighted by Gasteiger charge is 2.33. The number of rotatable bonds is 1. The Kier molecular flexibility index (Phi) is 3.11. The molecule has 0 saturated carbocycles. The summed E-state index contributed by atoms with van der Waals surface area (Å²) in [5, 5.41) is 3.99. The third-order valence-corrected chi connectivity index (χ3v) is 3.59. The van der Waals surface area contributed by atoms with Gasteiger partial charge in [0.2, 0.25) is 5.95 Å². The summed E-state index contributed by atoms with van der Waals surface area (Å²) in [6.07, 6.45) is -3.22. The number of halogens is 4.